The molecular weight excluding hydrogens is 578 g/mol. The Labute approximate surface area is 260 Å². The number of amides is 2. The van der Waals surface area contributed by atoms with Gasteiger partial charge in [-0.2, -0.15) is 0 Å². The minimum Gasteiger partial charge on any atom is -0.478 e. The number of aliphatic hydroxyl groups excluding tert-OH is 1. The van der Waals surface area contributed by atoms with Crippen LogP contribution >= 0.6 is 11.8 Å². The molecule has 4 aromatic rings. The highest BCUT2D eigenvalue weighted by atomic mass is 32.2. The highest BCUT2D eigenvalue weighted by Crippen LogP contribution is 2.43. The number of nitrogens with zero attached hydrogens (tertiary/aromatic N) is 1. The van der Waals surface area contributed by atoms with E-state index in [2.05, 4.69) is 22.5 Å². The second kappa shape index (κ2) is 15.0. The number of aromatic nitrogens is 1. The number of nitrogens with one attached hydrogen (secondary N) is 2. The summed E-state index contributed by atoms with van der Waals surface area (Å²) >= 11 is 1.35. The molecule has 4 atom stereocenters. The number of carbonyl (C=O) groups is 2. The number of aromatic carboxylic acids is 1. The standard InChI is InChI=1S/C34H35N3O6S/c1-22-29(21-44-31-28(32(39)40)8-5-17-35-31)42-33(43-30(22)26-13-11-25(20-38)12-14-26)27-15-9-24(10-16-27)19-37-34(41)36-18-23-6-3-2-4-7-23/h2-17,22,29-30,33,38H,18-21H2,1H3,(H,39,40)(H2,36,37,41)/t22-,29+,30+,33+/m0/s1. The average molecular weight is 614 g/mol. The van der Waals surface area contributed by atoms with Crippen molar-refractivity contribution in [2.75, 3.05) is 5.75 Å². The van der Waals surface area contributed by atoms with Gasteiger partial charge in [-0.1, -0.05) is 85.8 Å². The van der Waals surface area contributed by atoms with E-state index < -0.39 is 12.3 Å². The van der Waals surface area contributed by atoms with E-state index in [4.69, 9.17) is 9.47 Å². The monoisotopic (exact) mass is 613 g/mol. The van der Waals surface area contributed by atoms with Gasteiger partial charge in [0.05, 0.1) is 24.4 Å². The molecule has 10 heteroatoms. The van der Waals surface area contributed by atoms with E-state index in [0.717, 1.165) is 27.8 Å². The molecule has 0 spiro atoms. The van der Waals surface area contributed by atoms with Crippen molar-refractivity contribution < 1.29 is 29.3 Å². The fourth-order valence-electron chi connectivity index (χ4n) is 4.96. The van der Waals surface area contributed by atoms with Gasteiger partial charge in [0, 0.05) is 36.5 Å². The van der Waals surface area contributed by atoms with Crippen LogP contribution in [0.1, 0.15) is 57.5 Å². The van der Waals surface area contributed by atoms with Gasteiger partial charge < -0.3 is 30.3 Å². The summed E-state index contributed by atoms with van der Waals surface area (Å²) in [6, 6.07) is 28.0. The fourth-order valence-corrected chi connectivity index (χ4v) is 6.11. The first-order chi connectivity index (χ1) is 21.4. The van der Waals surface area contributed by atoms with Gasteiger partial charge in [-0.25, -0.2) is 14.6 Å². The van der Waals surface area contributed by atoms with E-state index in [0.29, 0.717) is 23.9 Å². The van der Waals surface area contributed by atoms with E-state index in [1.807, 2.05) is 78.9 Å². The Morgan fingerprint density at radius 2 is 1.45 bits per heavy atom. The van der Waals surface area contributed by atoms with Crippen LogP contribution in [0.15, 0.2) is 102 Å². The number of hydrogen-bond acceptors (Lipinski definition) is 7. The third-order valence-electron chi connectivity index (χ3n) is 7.51. The molecule has 44 heavy (non-hydrogen) atoms. The van der Waals surface area contributed by atoms with Gasteiger partial charge >= 0.3 is 12.0 Å². The third kappa shape index (κ3) is 8.03. The van der Waals surface area contributed by atoms with E-state index >= 15 is 0 Å². The highest BCUT2D eigenvalue weighted by molar-refractivity contribution is 7.99. The summed E-state index contributed by atoms with van der Waals surface area (Å²) in [7, 11) is 0. The van der Waals surface area contributed by atoms with Crippen molar-refractivity contribution >= 4 is 23.8 Å². The first-order valence-electron chi connectivity index (χ1n) is 14.4. The molecule has 1 aliphatic heterocycles. The Morgan fingerprint density at radius 1 is 0.818 bits per heavy atom. The lowest BCUT2D eigenvalue weighted by Crippen LogP contribution is -2.38. The molecule has 2 amide bonds. The van der Waals surface area contributed by atoms with Gasteiger partial charge in [0.1, 0.15) is 5.03 Å². The van der Waals surface area contributed by atoms with Gasteiger partial charge in [0.15, 0.2) is 6.29 Å². The van der Waals surface area contributed by atoms with Crippen molar-refractivity contribution in [2.45, 2.75) is 50.1 Å². The zero-order chi connectivity index (χ0) is 30.9. The van der Waals surface area contributed by atoms with Crippen molar-refractivity contribution in [3.05, 3.63) is 131 Å². The van der Waals surface area contributed by atoms with Crippen molar-refractivity contribution in [2.24, 2.45) is 5.92 Å². The van der Waals surface area contributed by atoms with Crippen LogP contribution in [0.2, 0.25) is 0 Å². The molecule has 2 heterocycles. The summed E-state index contributed by atoms with van der Waals surface area (Å²) in [5.74, 6) is -0.609. The minimum atomic E-state index is -1.02. The lowest BCUT2D eigenvalue weighted by Gasteiger charge is -2.41. The topological polar surface area (TPSA) is 130 Å². The summed E-state index contributed by atoms with van der Waals surface area (Å²) in [4.78, 5) is 28.3. The van der Waals surface area contributed by atoms with Crippen LogP contribution in [0, 0.1) is 5.92 Å². The Bertz CT molecular complexity index is 1540. The Hall–Kier alpha value is -4.22. The summed E-state index contributed by atoms with van der Waals surface area (Å²) in [6.45, 7) is 2.82. The van der Waals surface area contributed by atoms with Crippen LogP contribution < -0.4 is 10.6 Å². The molecule has 1 fully saturated rings. The van der Waals surface area contributed by atoms with E-state index in [9.17, 15) is 19.8 Å². The highest BCUT2D eigenvalue weighted by Gasteiger charge is 2.38. The summed E-state index contributed by atoms with van der Waals surface area (Å²) in [5, 5.41) is 25.3. The molecule has 1 aliphatic rings. The van der Waals surface area contributed by atoms with Gasteiger partial charge in [-0.15, -0.1) is 11.8 Å². The quantitative estimate of drug-likeness (QED) is 0.155. The number of aliphatic hydroxyl groups is 1. The van der Waals surface area contributed by atoms with Crippen molar-refractivity contribution in [3.8, 4) is 0 Å². The van der Waals surface area contributed by atoms with Gasteiger partial charge in [-0.3, -0.25) is 0 Å². The SMILES string of the molecule is C[C@H]1[C@@H](CSc2ncccc2C(=O)O)O[C@@H](c2ccc(CNC(=O)NCc3ccccc3)cc2)O[C@H]1c1ccc(CO)cc1. The molecular formula is C34H35N3O6S. The van der Waals surface area contributed by atoms with Gasteiger partial charge in [-0.05, 0) is 34.4 Å². The predicted octanol–water partition coefficient (Wildman–Crippen LogP) is 5.86. The third-order valence-corrected chi connectivity index (χ3v) is 8.60. The molecule has 228 valence electrons. The molecule has 0 aliphatic carbocycles. The fraction of sp³-hybridized carbons (Fsp3) is 0.265. The number of ether oxygens (including phenoxy) is 2. The van der Waals surface area contributed by atoms with E-state index in [1.54, 1.807) is 18.3 Å². The number of rotatable bonds is 11. The number of thioether (sulfide) groups is 1. The first kappa shape index (κ1) is 31.2. The zero-order valence-corrected chi connectivity index (χ0v) is 25.1. The number of pyridine rings is 1. The van der Waals surface area contributed by atoms with Crippen LogP contribution in [0.4, 0.5) is 4.79 Å². The van der Waals surface area contributed by atoms with E-state index in [-0.39, 0.29) is 36.3 Å². The van der Waals surface area contributed by atoms with Crippen molar-refractivity contribution in [1.82, 2.24) is 15.6 Å². The summed E-state index contributed by atoms with van der Waals surface area (Å²) < 4.78 is 13.0. The van der Waals surface area contributed by atoms with Gasteiger partial charge in [0.25, 0.3) is 0 Å². The second-order valence-electron chi connectivity index (χ2n) is 10.6. The zero-order valence-electron chi connectivity index (χ0n) is 24.3. The number of carboxylic acids is 1. The van der Waals surface area contributed by atoms with Crippen LogP contribution in [0.25, 0.3) is 0 Å². The normalized spacial score (nSPS) is 19.7. The molecule has 0 bridgehead atoms. The number of carboxylic acid groups (broad SMARTS) is 1. The average Bonchev–Trinajstić information content (AvgIpc) is 3.07. The lowest BCUT2D eigenvalue weighted by atomic mass is 9.91. The number of urea groups is 1. The van der Waals surface area contributed by atoms with Crippen LogP contribution in [0.5, 0.6) is 0 Å². The summed E-state index contributed by atoms with van der Waals surface area (Å²) in [5.41, 5.74) is 4.70. The molecule has 0 unspecified atom stereocenters. The second-order valence-corrected chi connectivity index (χ2v) is 11.6. The van der Waals surface area contributed by atoms with Gasteiger partial charge in [0.2, 0.25) is 0 Å². The first-order valence-corrected chi connectivity index (χ1v) is 15.4. The smallest absolute Gasteiger partial charge is 0.338 e. The molecule has 4 N–H and O–H groups in total. The lowest BCUT2D eigenvalue weighted by molar-refractivity contribution is -0.268. The van der Waals surface area contributed by atoms with Crippen LogP contribution in [-0.4, -0.2) is 39.1 Å². The summed E-state index contributed by atoms with van der Waals surface area (Å²) in [6.07, 6.45) is 0.336. The Morgan fingerprint density at radius 3 is 2.11 bits per heavy atom. The molecule has 3 aromatic carbocycles. The molecule has 5 rings (SSSR count). The number of hydrogen-bond donors (Lipinski definition) is 4. The maximum atomic E-state index is 12.3. The molecule has 0 radical (unpaired) electrons. The molecule has 1 saturated heterocycles. The predicted molar refractivity (Wildman–Crippen MR) is 167 cm³/mol. The maximum Gasteiger partial charge on any atom is 0.338 e. The van der Waals surface area contributed by atoms with E-state index in [1.165, 1.54) is 11.8 Å². The van der Waals surface area contributed by atoms with Crippen molar-refractivity contribution in [1.29, 1.82) is 0 Å². The van der Waals surface area contributed by atoms with Crippen LogP contribution in [0.3, 0.4) is 0 Å². The minimum absolute atomic E-state index is 0.0434. The largest absolute Gasteiger partial charge is 0.478 e. The molecule has 9 nitrogen and oxygen atoms in total. The molecule has 0 saturated carbocycles. The number of carbonyl (C=O) groups excluding carboxylic acids is 1. The number of benzene rings is 3. The van der Waals surface area contributed by atoms with Crippen LogP contribution in [-0.2, 0) is 29.2 Å². The molecule has 1 aromatic heterocycles. The Balaban J connectivity index is 1.27. The Kier molecular flexibility index (Phi) is 10.6. The van der Waals surface area contributed by atoms with Crippen molar-refractivity contribution in [3.63, 3.8) is 0 Å². The maximum absolute atomic E-state index is 12.3.